The van der Waals surface area contributed by atoms with Crippen LogP contribution in [0.5, 0.6) is 5.75 Å². The lowest BCUT2D eigenvalue weighted by Gasteiger charge is -2.14. The van der Waals surface area contributed by atoms with Crippen LogP contribution in [-0.2, 0) is 0 Å². The van der Waals surface area contributed by atoms with Gasteiger partial charge in [-0.15, -0.1) is 0 Å². The summed E-state index contributed by atoms with van der Waals surface area (Å²) in [5.41, 5.74) is 0.505. The molecule has 0 bridgehead atoms. The normalized spacial score (nSPS) is 11.8. The molecule has 0 fully saturated rings. The molecule has 7 heteroatoms. The van der Waals surface area contributed by atoms with Gasteiger partial charge in [-0.05, 0) is 30.3 Å². The van der Waals surface area contributed by atoms with Gasteiger partial charge in [0.1, 0.15) is 23.5 Å². The molecule has 0 aliphatic rings. The summed E-state index contributed by atoms with van der Waals surface area (Å²) in [5.74, 6) is 0.114. The third-order valence-electron chi connectivity index (χ3n) is 2.93. The molecule has 0 heterocycles. The molecular weight excluding hydrogens is 405 g/mol. The van der Waals surface area contributed by atoms with E-state index in [1.165, 1.54) is 0 Å². The fourth-order valence-electron chi connectivity index (χ4n) is 1.78. The topological polar surface area (TPSA) is 58.6 Å². The van der Waals surface area contributed by atoms with Crippen LogP contribution in [0.1, 0.15) is 10.4 Å². The number of hydrogen-bond acceptors (Lipinski definition) is 3. The van der Waals surface area contributed by atoms with E-state index in [0.29, 0.717) is 21.4 Å². The molecule has 0 spiro atoms. The van der Waals surface area contributed by atoms with Crippen molar-refractivity contribution < 1.29 is 14.6 Å². The number of nitrogens with one attached hydrogen (secondary N) is 1. The Labute approximate surface area is 152 Å². The molecule has 0 aliphatic carbocycles. The van der Waals surface area contributed by atoms with E-state index < -0.39 is 6.10 Å². The molecule has 1 atom stereocenters. The van der Waals surface area contributed by atoms with Crippen LogP contribution in [-0.4, -0.2) is 30.3 Å². The van der Waals surface area contributed by atoms with E-state index in [2.05, 4.69) is 21.2 Å². The molecule has 0 aliphatic heterocycles. The Balaban J connectivity index is 1.82. The van der Waals surface area contributed by atoms with E-state index in [4.69, 9.17) is 27.9 Å². The zero-order valence-corrected chi connectivity index (χ0v) is 15.0. The number of carbonyl (C=O) groups excluding carboxylic acids is 1. The standard InChI is InChI=1S/C16H14BrCl2NO3/c17-11-4-1-3-10(7-11)16(22)20-8-12(21)9-23-14-6-2-5-13(18)15(14)19/h1-7,12,21H,8-9H2,(H,20,22). The quantitative estimate of drug-likeness (QED) is 0.747. The lowest BCUT2D eigenvalue weighted by atomic mass is 10.2. The Morgan fingerprint density at radius 2 is 2.00 bits per heavy atom. The Morgan fingerprint density at radius 1 is 1.26 bits per heavy atom. The van der Waals surface area contributed by atoms with Crippen molar-refractivity contribution in [2.24, 2.45) is 0 Å². The fraction of sp³-hybridized carbons (Fsp3) is 0.188. The SMILES string of the molecule is O=C(NCC(O)COc1cccc(Cl)c1Cl)c1cccc(Br)c1. The van der Waals surface area contributed by atoms with Gasteiger partial charge in [0.2, 0.25) is 0 Å². The van der Waals surface area contributed by atoms with Gasteiger partial charge in [0.25, 0.3) is 5.91 Å². The number of carbonyl (C=O) groups is 1. The molecule has 0 saturated heterocycles. The molecular formula is C16H14BrCl2NO3. The highest BCUT2D eigenvalue weighted by Gasteiger charge is 2.12. The van der Waals surface area contributed by atoms with E-state index in [1.54, 1.807) is 36.4 Å². The number of benzene rings is 2. The number of aliphatic hydroxyl groups is 1. The van der Waals surface area contributed by atoms with E-state index in [-0.39, 0.29) is 19.1 Å². The zero-order valence-electron chi connectivity index (χ0n) is 11.9. The smallest absolute Gasteiger partial charge is 0.251 e. The van der Waals surface area contributed by atoms with Gasteiger partial charge in [0.15, 0.2) is 0 Å². The Morgan fingerprint density at radius 3 is 2.74 bits per heavy atom. The van der Waals surface area contributed by atoms with Gasteiger partial charge in [-0.25, -0.2) is 0 Å². The second-order valence-electron chi connectivity index (χ2n) is 4.74. The summed E-state index contributed by atoms with van der Waals surface area (Å²) in [4.78, 5) is 12.0. The summed E-state index contributed by atoms with van der Waals surface area (Å²) < 4.78 is 6.22. The molecule has 122 valence electrons. The summed E-state index contributed by atoms with van der Waals surface area (Å²) in [6.07, 6.45) is -0.874. The van der Waals surface area contributed by atoms with Gasteiger partial charge in [-0.2, -0.15) is 0 Å². The number of aliphatic hydroxyl groups excluding tert-OH is 1. The molecule has 4 nitrogen and oxygen atoms in total. The second-order valence-corrected chi connectivity index (χ2v) is 6.44. The molecule has 0 saturated carbocycles. The molecule has 1 unspecified atom stereocenters. The zero-order chi connectivity index (χ0) is 16.8. The van der Waals surface area contributed by atoms with E-state index in [0.717, 1.165) is 4.47 Å². The van der Waals surface area contributed by atoms with E-state index in [1.807, 2.05) is 6.07 Å². The van der Waals surface area contributed by atoms with Crippen LogP contribution >= 0.6 is 39.1 Å². The first-order valence-corrected chi connectivity index (χ1v) is 8.31. The van der Waals surface area contributed by atoms with E-state index in [9.17, 15) is 9.90 Å². The number of halogens is 3. The predicted molar refractivity (Wildman–Crippen MR) is 94.4 cm³/mol. The van der Waals surface area contributed by atoms with Crippen molar-refractivity contribution in [2.45, 2.75) is 6.10 Å². The lowest BCUT2D eigenvalue weighted by Crippen LogP contribution is -2.35. The second kappa shape index (κ2) is 8.55. The third-order valence-corrected chi connectivity index (χ3v) is 4.23. The number of ether oxygens (including phenoxy) is 1. The molecule has 0 aromatic heterocycles. The van der Waals surface area contributed by atoms with Crippen molar-refractivity contribution in [2.75, 3.05) is 13.2 Å². The first kappa shape index (κ1) is 18.1. The highest BCUT2D eigenvalue weighted by atomic mass is 79.9. The van der Waals surface area contributed by atoms with Crippen molar-refractivity contribution in [3.05, 3.63) is 62.5 Å². The van der Waals surface area contributed by atoms with Crippen molar-refractivity contribution >= 4 is 45.0 Å². The van der Waals surface area contributed by atoms with Gasteiger partial charge >= 0.3 is 0 Å². The van der Waals surface area contributed by atoms with Crippen LogP contribution in [0.25, 0.3) is 0 Å². The minimum atomic E-state index is -0.874. The summed E-state index contributed by atoms with van der Waals surface area (Å²) >= 11 is 15.2. The van der Waals surface area contributed by atoms with Crippen molar-refractivity contribution in [1.29, 1.82) is 0 Å². The van der Waals surface area contributed by atoms with Crippen LogP contribution < -0.4 is 10.1 Å². The van der Waals surface area contributed by atoms with Gasteiger partial charge < -0.3 is 15.2 Å². The average molecular weight is 419 g/mol. The van der Waals surface area contributed by atoms with Gasteiger partial charge in [0.05, 0.1) is 5.02 Å². The first-order chi connectivity index (χ1) is 11.0. The molecule has 2 N–H and O–H groups in total. The Hall–Kier alpha value is -1.27. The van der Waals surface area contributed by atoms with Crippen LogP contribution in [0.4, 0.5) is 0 Å². The summed E-state index contributed by atoms with van der Waals surface area (Å²) in [6.45, 7) is 0.0440. The van der Waals surface area contributed by atoms with Gasteiger partial charge in [-0.1, -0.05) is 51.3 Å². The number of rotatable bonds is 6. The van der Waals surface area contributed by atoms with E-state index >= 15 is 0 Å². The van der Waals surface area contributed by atoms with Gasteiger partial charge in [-0.3, -0.25) is 4.79 Å². The number of hydrogen-bond donors (Lipinski definition) is 2. The number of amides is 1. The lowest BCUT2D eigenvalue weighted by molar-refractivity contribution is 0.0844. The fourth-order valence-corrected chi connectivity index (χ4v) is 2.53. The molecule has 0 radical (unpaired) electrons. The Kier molecular flexibility index (Phi) is 6.72. The molecule has 2 rings (SSSR count). The van der Waals surface area contributed by atoms with Crippen molar-refractivity contribution in [1.82, 2.24) is 5.32 Å². The molecule has 1 amide bonds. The summed E-state index contributed by atoms with van der Waals surface area (Å²) in [7, 11) is 0. The maximum absolute atomic E-state index is 12.0. The third kappa shape index (κ3) is 5.39. The largest absolute Gasteiger partial charge is 0.489 e. The summed E-state index contributed by atoms with van der Waals surface area (Å²) in [6, 6.07) is 12.0. The van der Waals surface area contributed by atoms with Crippen molar-refractivity contribution in [3.8, 4) is 5.75 Å². The minimum absolute atomic E-state index is 0.0151. The highest BCUT2D eigenvalue weighted by molar-refractivity contribution is 9.10. The van der Waals surface area contributed by atoms with Crippen LogP contribution in [0.15, 0.2) is 46.9 Å². The summed E-state index contributed by atoms with van der Waals surface area (Å²) in [5, 5.41) is 13.2. The monoisotopic (exact) mass is 417 g/mol. The maximum Gasteiger partial charge on any atom is 0.251 e. The minimum Gasteiger partial charge on any atom is -0.489 e. The van der Waals surface area contributed by atoms with Crippen LogP contribution in [0, 0.1) is 0 Å². The van der Waals surface area contributed by atoms with Crippen LogP contribution in [0.3, 0.4) is 0 Å². The maximum atomic E-state index is 12.0. The first-order valence-electron chi connectivity index (χ1n) is 6.76. The molecule has 2 aromatic carbocycles. The predicted octanol–water partition coefficient (Wildman–Crippen LogP) is 3.93. The van der Waals surface area contributed by atoms with Gasteiger partial charge in [0, 0.05) is 16.6 Å². The highest BCUT2D eigenvalue weighted by Crippen LogP contribution is 2.31. The van der Waals surface area contributed by atoms with Crippen molar-refractivity contribution in [3.63, 3.8) is 0 Å². The molecule has 2 aromatic rings. The average Bonchev–Trinajstić information content (AvgIpc) is 2.54. The Bertz CT molecular complexity index is 697. The molecule has 23 heavy (non-hydrogen) atoms. The van der Waals surface area contributed by atoms with Crippen LogP contribution in [0.2, 0.25) is 10.0 Å².